The van der Waals surface area contributed by atoms with Crippen LogP contribution in [0.2, 0.25) is 0 Å². The predicted octanol–water partition coefficient (Wildman–Crippen LogP) is 3.27. The van der Waals surface area contributed by atoms with Gasteiger partial charge in [-0.3, -0.25) is 9.89 Å². The maximum atomic E-state index is 5.77. The topological polar surface area (TPSA) is 62.0 Å². The molecule has 158 valence electrons. The molecule has 2 N–H and O–H groups in total. The van der Waals surface area contributed by atoms with E-state index in [0.29, 0.717) is 0 Å². The van der Waals surface area contributed by atoms with Crippen molar-refractivity contribution in [3.8, 4) is 0 Å². The highest BCUT2D eigenvalue weighted by atomic mass is 32.2. The molecule has 1 atom stereocenters. The number of thioether (sulfide) groups is 1. The lowest BCUT2D eigenvalue weighted by molar-refractivity contribution is 0.0794. The number of piperidine rings is 1. The fraction of sp³-hybridized carbons (Fsp3) is 0.762. The number of ether oxygens (including phenoxy) is 1. The van der Waals surface area contributed by atoms with Gasteiger partial charge in [0.25, 0.3) is 0 Å². The van der Waals surface area contributed by atoms with Crippen molar-refractivity contribution in [3.63, 3.8) is 0 Å². The van der Waals surface area contributed by atoms with Gasteiger partial charge in [0, 0.05) is 31.1 Å². The monoisotopic (exact) mass is 408 g/mol. The molecule has 2 aliphatic heterocycles. The highest BCUT2D eigenvalue weighted by Gasteiger charge is 2.32. The summed E-state index contributed by atoms with van der Waals surface area (Å²) in [5.41, 5.74) is 0. The molecule has 3 rings (SSSR count). The van der Waals surface area contributed by atoms with Gasteiger partial charge in [0.1, 0.15) is 5.76 Å². The highest BCUT2D eigenvalue weighted by Crippen LogP contribution is 2.34. The summed E-state index contributed by atoms with van der Waals surface area (Å²) in [5, 5.41) is 7.00. The summed E-state index contributed by atoms with van der Waals surface area (Å²) < 4.78 is 11.5. The van der Waals surface area contributed by atoms with Gasteiger partial charge in [-0.05, 0) is 64.1 Å². The molecule has 0 bridgehead atoms. The van der Waals surface area contributed by atoms with Gasteiger partial charge in [-0.1, -0.05) is 6.42 Å². The molecule has 2 saturated heterocycles. The van der Waals surface area contributed by atoms with Crippen LogP contribution >= 0.6 is 11.8 Å². The molecular weight excluding hydrogens is 372 g/mol. The van der Waals surface area contributed by atoms with Gasteiger partial charge < -0.3 is 19.8 Å². The third kappa shape index (κ3) is 5.91. The van der Waals surface area contributed by atoms with Crippen LogP contribution in [0.1, 0.15) is 50.8 Å². The van der Waals surface area contributed by atoms with Crippen LogP contribution in [0, 0.1) is 0 Å². The second-order valence-electron chi connectivity index (χ2n) is 7.70. The maximum absolute atomic E-state index is 5.77. The number of aliphatic imine (C=N–C) groups is 1. The van der Waals surface area contributed by atoms with Crippen molar-refractivity contribution in [2.45, 2.75) is 49.8 Å². The van der Waals surface area contributed by atoms with Crippen LogP contribution in [-0.2, 0) is 4.74 Å². The van der Waals surface area contributed by atoms with Gasteiger partial charge in [-0.15, -0.1) is 0 Å². The minimum absolute atomic E-state index is 0.202. The van der Waals surface area contributed by atoms with Crippen LogP contribution in [-0.4, -0.2) is 67.8 Å². The number of guanidine groups is 1. The first-order chi connectivity index (χ1) is 13.8. The first-order valence-electron chi connectivity index (χ1n) is 10.7. The third-order valence-corrected chi connectivity index (χ3v) is 7.28. The highest BCUT2D eigenvalue weighted by molar-refractivity contribution is 8.00. The summed E-state index contributed by atoms with van der Waals surface area (Å²) in [6.45, 7) is 8.55. The number of nitrogens with zero attached hydrogens (tertiary/aromatic N) is 2. The Balaban J connectivity index is 1.64. The van der Waals surface area contributed by atoms with E-state index in [9.17, 15) is 0 Å². The number of hydrogen-bond acceptors (Lipinski definition) is 5. The van der Waals surface area contributed by atoms with E-state index < -0.39 is 0 Å². The van der Waals surface area contributed by atoms with E-state index in [-0.39, 0.29) is 10.8 Å². The lowest BCUT2D eigenvalue weighted by Crippen LogP contribution is -2.45. The molecule has 0 radical (unpaired) electrons. The number of rotatable bonds is 8. The molecule has 0 aromatic carbocycles. The molecule has 2 aliphatic rings. The van der Waals surface area contributed by atoms with Gasteiger partial charge in [0.2, 0.25) is 0 Å². The molecular formula is C21H36N4O2S. The van der Waals surface area contributed by atoms with Crippen LogP contribution < -0.4 is 10.6 Å². The summed E-state index contributed by atoms with van der Waals surface area (Å²) in [4.78, 5) is 7.49. The first kappa shape index (κ1) is 21.5. The summed E-state index contributed by atoms with van der Waals surface area (Å²) in [6.07, 6.45) is 9.98. The van der Waals surface area contributed by atoms with Gasteiger partial charge >= 0.3 is 0 Å². The molecule has 3 heterocycles. The first-order valence-corrected chi connectivity index (χ1v) is 11.9. The Morgan fingerprint density at radius 3 is 2.68 bits per heavy atom. The van der Waals surface area contributed by atoms with Crippen LogP contribution in [0.15, 0.2) is 27.8 Å². The molecule has 0 spiro atoms. The Kier molecular flexibility index (Phi) is 8.55. The summed E-state index contributed by atoms with van der Waals surface area (Å²) in [7, 11) is 0. The van der Waals surface area contributed by atoms with Gasteiger partial charge in [-0.25, -0.2) is 0 Å². The molecule has 1 aromatic rings. The number of furan rings is 1. The Morgan fingerprint density at radius 1 is 1.25 bits per heavy atom. The summed E-state index contributed by atoms with van der Waals surface area (Å²) in [6, 6.07) is 4.33. The average Bonchev–Trinajstić information content (AvgIpc) is 3.28. The standard InChI is InChI=1S/C21H36N4O2S/c1-3-22-20(24-17-21(28-2)9-14-26-15-10-21)23-16-18(19-8-7-13-27-19)25-11-5-4-6-12-25/h7-8,13,18H,3-6,9-12,14-17H2,1-2H3,(H2,22,23,24). The van der Waals surface area contributed by atoms with E-state index in [2.05, 4.69) is 34.8 Å². The molecule has 6 nitrogen and oxygen atoms in total. The second kappa shape index (κ2) is 11.1. The van der Waals surface area contributed by atoms with E-state index in [4.69, 9.17) is 14.1 Å². The quantitative estimate of drug-likeness (QED) is 0.508. The van der Waals surface area contributed by atoms with E-state index in [1.165, 1.54) is 19.3 Å². The van der Waals surface area contributed by atoms with Gasteiger partial charge in [0.15, 0.2) is 5.96 Å². The Morgan fingerprint density at radius 2 is 2.04 bits per heavy atom. The molecule has 2 fully saturated rings. The van der Waals surface area contributed by atoms with Crippen LogP contribution in [0.5, 0.6) is 0 Å². The van der Waals surface area contributed by atoms with Crippen molar-refractivity contribution in [3.05, 3.63) is 24.2 Å². The average molecular weight is 409 g/mol. The van der Waals surface area contributed by atoms with E-state index in [1.807, 2.05) is 17.8 Å². The summed E-state index contributed by atoms with van der Waals surface area (Å²) >= 11 is 1.93. The van der Waals surface area contributed by atoms with Crippen molar-refractivity contribution in [1.82, 2.24) is 15.5 Å². The lowest BCUT2D eigenvalue weighted by atomic mass is 9.99. The van der Waals surface area contributed by atoms with Crippen LogP contribution in [0.25, 0.3) is 0 Å². The zero-order chi connectivity index (χ0) is 19.7. The van der Waals surface area contributed by atoms with E-state index >= 15 is 0 Å². The Labute approximate surface area is 173 Å². The lowest BCUT2D eigenvalue weighted by Gasteiger charge is -2.35. The normalized spacial score (nSPS) is 22.0. The van der Waals surface area contributed by atoms with Crippen molar-refractivity contribution >= 4 is 17.7 Å². The van der Waals surface area contributed by atoms with Crippen molar-refractivity contribution < 1.29 is 9.15 Å². The van der Waals surface area contributed by atoms with Crippen LogP contribution in [0.3, 0.4) is 0 Å². The zero-order valence-corrected chi connectivity index (χ0v) is 18.2. The number of nitrogens with one attached hydrogen (secondary N) is 2. The van der Waals surface area contributed by atoms with Crippen LogP contribution in [0.4, 0.5) is 0 Å². The fourth-order valence-corrected chi connectivity index (χ4v) is 4.82. The molecule has 0 saturated carbocycles. The SMILES string of the molecule is CCNC(=NCC1(SC)CCOCC1)NCC(c1ccco1)N1CCCCC1. The van der Waals surface area contributed by atoms with Gasteiger partial charge in [0.05, 0.1) is 18.8 Å². The zero-order valence-electron chi connectivity index (χ0n) is 17.4. The molecule has 0 amide bonds. The van der Waals surface area contributed by atoms with Gasteiger partial charge in [-0.2, -0.15) is 11.8 Å². The Hall–Kier alpha value is -1.18. The third-order valence-electron chi connectivity index (χ3n) is 5.87. The predicted molar refractivity (Wildman–Crippen MR) is 117 cm³/mol. The van der Waals surface area contributed by atoms with E-state index in [1.54, 1.807) is 6.26 Å². The van der Waals surface area contributed by atoms with Crippen molar-refractivity contribution in [1.29, 1.82) is 0 Å². The minimum Gasteiger partial charge on any atom is -0.468 e. The smallest absolute Gasteiger partial charge is 0.191 e. The number of likely N-dealkylation sites (tertiary alicyclic amines) is 1. The maximum Gasteiger partial charge on any atom is 0.191 e. The summed E-state index contributed by atoms with van der Waals surface area (Å²) in [5.74, 6) is 1.94. The molecule has 7 heteroatoms. The minimum atomic E-state index is 0.202. The fourth-order valence-electron chi connectivity index (χ4n) is 4.05. The molecule has 1 unspecified atom stereocenters. The largest absolute Gasteiger partial charge is 0.468 e. The van der Waals surface area contributed by atoms with E-state index in [0.717, 1.165) is 70.5 Å². The van der Waals surface area contributed by atoms with Crippen molar-refractivity contribution in [2.24, 2.45) is 4.99 Å². The van der Waals surface area contributed by atoms with Crippen molar-refractivity contribution in [2.75, 3.05) is 52.2 Å². The second-order valence-corrected chi connectivity index (χ2v) is 8.98. The molecule has 0 aliphatic carbocycles. The molecule has 1 aromatic heterocycles. The Bertz CT molecular complexity index is 581. The number of hydrogen-bond donors (Lipinski definition) is 2. The molecule has 28 heavy (non-hydrogen) atoms.